The van der Waals surface area contributed by atoms with Crippen LogP contribution in [-0.4, -0.2) is 35.2 Å². The second-order valence-electron chi connectivity index (χ2n) is 5.55. The molecule has 1 heterocycles. The van der Waals surface area contributed by atoms with E-state index in [1.165, 1.54) is 5.56 Å². The Kier molecular flexibility index (Phi) is 5.22. The maximum absolute atomic E-state index is 10.0. The molecule has 0 radical (unpaired) electrons. The zero-order chi connectivity index (χ0) is 13.8. The topological polar surface area (TPSA) is 49.5 Å². The van der Waals surface area contributed by atoms with Crippen molar-refractivity contribution in [2.75, 3.05) is 13.1 Å². The second-order valence-corrected chi connectivity index (χ2v) is 5.99. The monoisotopic (exact) mass is 282 g/mol. The molecule has 4 heteroatoms. The van der Waals surface area contributed by atoms with Gasteiger partial charge in [-0.2, -0.15) is 0 Å². The van der Waals surface area contributed by atoms with Gasteiger partial charge in [-0.3, -0.25) is 4.90 Å². The van der Waals surface area contributed by atoms with Crippen LogP contribution in [0.5, 0.6) is 0 Å². The molecule has 3 unspecified atom stereocenters. The molecule has 0 spiro atoms. The Bertz CT molecular complexity index is 396. The number of aliphatic hydroxyl groups is 1. The maximum Gasteiger partial charge on any atom is 0.0578 e. The lowest BCUT2D eigenvalue weighted by atomic mass is 9.88. The summed E-state index contributed by atoms with van der Waals surface area (Å²) in [5.74, 6) is 0.293. The summed E-state index contributed by atoms with van der Waals surface area (Å²) in [4.78, 5) is 2.33. The predicted molar refractivity (Wildman–Crippen MR) is 79.1 cm³/mol. The first-order valence-electron chi connectivity index (χ1n) is 6.99. The minimum Gasteiger partial charge on any atom is -0.393 e. The summed E-state index contributed by atoms with van der Waals surface area (Å²) in [7, 11) is 0. The molecule has 3 N–H and O–H groups in total. The predicted octanol–water partition coefficient (Wildman–Crippen LogP) is 2.26. The number of hydrogen-bond acceptors (Lipinski definition) is 3. The Morgan fingerprint density at radius 3 is 2.68 bits per heavy atom. The van der Waals surface area contributed by atoms with Crippen LogP contribution in [0.25, 0.3) is 0 Å². The van der Waals surface area contributed by atoms with Crippen LogP contribution in [0.4, 0.5) is 0 Å². The molecule has 0 aromatic heterocycles. The van der Waals surface area contributed by atoms with Gasteiger partial charge in [0.15, 0.2) is 0 Å². The molecule has 1 fully saturated rings. The third kappa shape index (κ3) is 4.18. The van der Waals surface area contributed by atoms with E-state index in [1.807, 2.05) is 31.2 Å². The van der Waals surface area contributed by atoms with Crippen molar-refractivity contribution in [3.63, 3.8) is 0 Å². The molecule has 0 saturated carbocycles. The van der Waals surface area contributed by atoms with E-state index in [1.54, 1.807) is 0 Å². The molecule has 1 saturated heterocycles. The van der Waals surface area contributed by atoms with E-state index < -0.39 is 0 Å². The highest BCUT2D eigenvalue weighted by atomic mass is 35.5. The van der Waals surface area contributed by atoms with Crippen LogP contribution in [0.2, 0.25) is 5.02 Å². The van der Waals surface area contributed by atoms with E-state index in [2.05, 4.69) is 4.90 Å². The van der Waals surface area contributed by atoms with Crippen LogP contribution >= 0.6 is 11.6 Å². The van der Waals surface area contributed by atoms with Crippen molar-refractivity contribution in [2.24, 2.45) is 11.7 Å². The highest BCUT2D eigenvalue weighted by Crippen LogP contribution is 2.22. The van der Waals surface area contributed by atoms with Crippen molar-refractivity contribution in [2.45, 2.75) is 38.5 Å². The van der Waals surface area contributed by atoms with E-state index in [9.17, 15) is 5.11 Å². The average molecular weight is 283 g/mol. The normalized spacial score (nSPS) is 26.3. The minimum atomic E-state index is -0.237. The molecule has 1 aliphatic heterocycles. The van der Waals surface area contributed by atoms with E-state index in [4.69, 9.17) is 17.3 Å². The molecule has 0 amide bonds. The molecule has 0 bridgehead atoms. The average Bonchev–Trinajstić information content (AvgIpc) is 2.40. The third-order valence-electron chi connectivity index (χ3n) is 3.87. The van der Waals surface area contributed by atoms with Crippen LogP contribution in [0.3, 0.4) is 0 Å². The van der Waals surface area contributed by atoms with Gasteiger partial charge in [-0.15, -0.1) is 0 Å². The Labute approximate surface area is 120 Å². The summed E-state index contributed by atoms with van der Waals surface area (Å²) < 4.78 is 0. The molecule has 3 atom stereocenters. The van der Waals surface area contributed by atoms with Gasteiger partial charge < -0.3 is 10.8 Å². The van der Waals surface area contributed by atoms with Crippen molar-refractivity contribution in [1.82, 2.24) is 4.90 Å². The van der Waals surface area contributed by atoms with Gasteiger partial charge in [-0.25, -0.2) is 0 Å². The lowest BCUT2D eigenvalue weighted by Gasteiger charge is -2.38. The summed E-state index contributed by atoms with van der Waals surface area (Å²) >= 11 is 5.89. The Morgan fingerprint density at radius 1 is 1.37 bits per heavy atom. The molecule has 0 aliphatic carbocycles. The van der Waals surface area contributed by atoms with E-state index >= 15 is 0 Å². The Morgan fingerprint density at radius 2 is 2.05 bits per heavy atom. The van der Waals surface area contributed by atoms with Crippen LogP contribution in [0, 0.1) is 5.92 Å². The number of nitrogens with zero attached hydrogens (tertiary/aromatic N) is 1. The summed E-state index contributed by atoms with van der Waals surface area (Å²) in [5, 5.41) is 10.8. The van der Waals surface area contributed by atoms with E-state index in [-0.39, 0.29) is 12.1 Å². The molecule has 1 aromatic carbocycles. The number of rotatable bonds is 4. The quantitative estimate of drug-likeness (QED) is 0.891. The fourth-order valence-electron chi connectivity index (χ4n) is 2.86. The van der Waals surface area contributed by atoms with E-state index in [0.29, 0.717) is 5.92 Å². The van der Waals surface area contributed by atoms with Crippen molar-refractivity contribution < 1.29 is 5.11 Å². The summed E-state index contributed by atoms with van der Waals surface area (Å²) in [6, 6.07) is 8.09. The van der Waals surface area contributed by atoms with E-state index in [0.717, 1.165) is 37.5 Å². The van der Waals surface area contributed by atoms with Crippen molar-refractivity contribution >= 4 is 11.6 Å². The first-order valence-corrected chi connectivity index (χ1v) is 7.36. The molecule has 19 heavy (non-hydrogen) atoms. The Balaban J connectivity index is 1.97. The zero-order valence-corrected chi connectivity index (χ0v) is 12.2. The smallest absolute Gasteiger partial charge is 0.0578 e. The molecular weight excluding hydrogens is 260 g/mol. The molecule has 2 rings (SSSR count). The number of piperidine rings is 1. The highest BCUT2D eigenvalue weighted by molar-refractivity contribution is 6.30. The van der Waals surface area contributed by atoms with Gasteiger partial charge in [0.1, 0.15) is 0 Å². The van der Waals surface area contributed by atoms with Gasteiger partial charge in [0.2, 0.25) is 0 Å². The summed E-state index contributed by atoms with van der Waals surface area (Å²) in [6.45, 7) is 4.72. The second kappa shape index (κ2) is 6.71. The molecule has 1 aliphatic rings. The fraction of sp³-hybridized carbons (Fsp3) is 0.600. The SMILES string of the molecule is CCC(O)C1CC(N)CN(Cc2ccc(Cl)cc2)C1. The minimum absolute atomic E-state index is 0.159. The van der Waals surface area contributed by atoms with Gasteiger partial charge >= 0.3 is 0 Å². The Hall–Kier alpha value is -0.610. The molecule has 1 aromatic rings. The fourth-order valence-corrected chi connectivity index (χ4v) is 2.99. The van der Waals surface area contributed by atoms with Crippen molar-refractivity contribution in [3.05, 3.63) is 34.9 Å². The largest absolute Gasteiger partial charge is 0.393 e. The number of hydrogen-bond donors (Lipinski definition) is 2. The van der Waals surface area contributed by atoms with Gasteiger partial charge in [0.25, 0.3) is 0 Å². The number of aliphatic hydroxyl groups excluding tert-OH is 1. The molecule has 106 valence electrons. The van der Waals surface area contributed by atoms with Gasteiger partial charge in [-0.05, 0) is 36.5 Å². The lowest BCUT2D eigenvalue weighted by molar-refractivity contribution is 0.0387. The number of nitrogens with two attached hydrogens (primary N) is 1. The lowest BCUT2D eigenvalue weighted by Crippen LogP contribution is -2.49. The maximum atomic E-state index is 10.0. The highest BCUT2D eigenvalue weighted by Gasteiger charge is 2.28. The van der Waals surface area contributed by atoms with Crippen LogP contribution in [0.1, 0.15) is 25.3 Å². The van der Waals surface area contributed by atoms with Crippen molar-refractivity contribution in [1.29, 1.82) is 0 Å². The zero-order valence-electron chi connectivity index (χ0n) is 11.4. The van der Waals surface area contributed by atoms with Gasteiger partial charge in [-0.1, -0.05) is 30.7 Å². The first-order chi connectivity index (χ1) is 9.08. The van der Waals surface area contributed by atoms with Crippen molar-refractivity contribution in [3.8, 4) is 0 Å². The molecule has 3 nitrogen and oxygen atoms in total. The summed E-state index contributed by atoms with van der Waals surface area (Å²) in [5.41, 5.74) is 7.35. The number of halogens is 1. The van der Waals surface area contributed by atoms with Gasteiger partial charge in [0, 0.05) is 30.7 Å². The number of benzene rings is 1. The number of likely N-dealkylation sites (tertiary alicyclic amines) is 1. The van der Waals surface area contributed by atoms with Crippen LogP contribution < -0.4 is 5.73 Å². The van der Waals surface area contributed by atoms with Crippen LogP contribution in [0.15, 0.2) is 24.3 Å². The van der Waals surface area contributed by atoms with Crippen LogP contribution in [-0.2, 0) is 6.54 Å². The molecular formula is C15H23ClN2O. The third-order valence-corrected chi connectivity index (χ3v) is 4.12. The van der Waals surface area contributed by atoms with Gasteiger partial charge in [0.05, 0.1) is 6.10 Å². The summed E-state index contributed by atoms with van der Waals surface area (Å²) in [6.07, 6.45) is 1.48. The standard InChI is InChI=1S/C15H23ClN2O/c1-2-15(19)12-7-14(17)10-18(9-12)8-11-3-5-13(16)6-4-11/h3-6,12,14-15,19H,2,7-10,17H2,1H3. The first kappa shape index (κ1) is 14.8.